The quantitative estimate of drug-likeness (QED) is 0.836. The maximum Gasteiger partial charge on any atom is 0.222 e. The van der Waals surface area contributed by atoms with Crippen LogP contribution in [0.3, 0.4) is 0 Å². The highest BCUT2D eigenvalue weighted by atomic mass is 16.3. The Labute approximate surface area is 129 Å². The third-order valence-electron chi connectivity index (χ3n) is 5.16. The van der Waals surface area contributed by atoms with Gasteiger partial charge in [-0.2, -0.15) is 0 Å². The van der Waals surface area contributed by atoms with Gasteiger partial charge in [0.25, 0.3) is 0 Å². The highest BCUT2D eigenvalue weighted by molar-refractivity contribution is 5.78. The summed E-state index contributed by atoms with van der Waals surface area (Å²) in [5.41, 5.74) is 0. The number of aliphatic hydroxyl groups is 1. The van der Waals surface area contributed by atoms with Crippen molar-refractivity contribution in [3.8, 4) is 0 Å². The molecule has 0 radical (unpaired) electrons. The molecule has 0 spiro atoms. The Kier molecular flexibility index (Phi) is 6.06. The van der Waals surface area contributed by atoms with Gasteiger partial charge in [0.1, 0.15) is 0 Å². The first-order chi connectivity index (χ1) is 9.97. The number of likely N-dealkylation sites (tertiary alicyclic amines) is 1. The van der Waals surface area contributed by atoms with E-state index in [0.717, 1.165) is 19.5 Å². The molecular formula is C17H32N2O2. The number of hydrogen-bond donors (Lipinski definition) is 2. The van der Waals surface area contributed by atoms with E-state index in [0.29, 0.717) is 6.04 Å². The smallest absolute Gasteiger partial charge is 0.222 e. The van der Waals surface area contributed by atoms with Gasteiger partial charge in [0, 0.05) is 31.1 Å². The monoisotopic (exact) mass is 296 g/mol. The van der Waals surface area contributed by atoms with E-state index >= 15 is 0 Å². The standard InChI is InChI=1S/C17H32N2O2/c1-12(2)17(21)18-15-9-14(13(3)20)10-19(11-15)16-7-5-4-6-8-16/h12-16,20H,4-11H2,1-3H3,(H,18,21). The normalized spacial score (nSPS) is 30.3. The fourth-order valence-corrected chi connectivity index (χ4v) is 3.74. The molecule has 0 aromatic rings. The third kappa shape index (κ3) is 4.68. The van der Waals surface area contributed by atoms with E-state index in [1.165, 1.54) is 32.1 Å². The van der Waals surface area contributed by atoms with Crippen molar-refractivity contribution < 1.29 is 9.90 Å². The van der Waals surface area contributed by atoms with E-state index in [1.807, 2.05) is 20.8 Å². The molecule has 21 heavy (non-hydrogen) atoms. The number of nitrogens with zero attached hydrogens (tertiary/aromatic N) is 1. The predicted molar refractivity (Wildman–Crippen MR) is 85.0 cm³/mol. The van der Waals surface area contributed by atoms with E-state index in [2.05, 4.69) is 10.2 Å². The molecule has 1 saturated heterocycles. The molecule has 4 nitrogen and oxygen atoms in total. The van der Waals surface area contributed by atoms with Gasteiger partial charge in [0.05, 0.1) is 6.10 Å². The maximum atomic E-state index is 12.0. The van der Waals surface area contributed by atoms with Crippen LogP contribution in [-0.2, 0) is 4.79 Å². The SMILES string of the molecule is CC(C)C(=O)NC1CC(C(C)O)CN(C2CCCCC2)C1. The van der Waals surface area contributed by atoms with Gasteiger partial charge in [-0.15, -0.1) is 0 Å². The molecule has 2 rings (SSSR count). The highest BCUT2D eigenvalue weighted by Crippen LogP contribution is 2.28. The molecule has 0 aromatic heterocycles. The number of rotatable bonds is 4. The molecule has 1 aliphatic carbocycles. The van der Waals surface area contributed by atoms with Crippen molar-refractivity contribution in [2.75, 3.05) is 13.1 Å². The van der Waals surface area contributed by atoms with Gasteiger partial charge in [0.15, 0.2) is 0 Å². The lowest BCUT2D eigenvalue weighted by Gasteiger charge is -2.44. The molecule has 1 amide bonds. The topological polar surface area (TPSA) is 52.6 Å². The summed E-state index contributed by atoms with van der Waals surface area (Å²) in [6, 6.07) is 0.842. The van der Waals surface area contributed by atoms with Crippen LogP contribution in [0, 0.1) is 11.8 Å². The summed E-state index contributed by atoms with van der Waals surface area (Å²) in [7, 11) is 0. The molecular weight excluding hydrogens is 264 g/mol. The minimum absolute atomic E-state index is 0.0278. The first-order valence-corrected chi connectivity index (χ1v) is 8.70. The van der Waals surface area contributed by atoms with Gasteiger partial charge in [-0.3, -0.25) is 9.69 Å². The van der Waals surface area contributed by atoms with E-state index in [9.17, 15) is 9.90 Å². The molecule has 2 aliphatic rings. The fraction of sp³-hybridized carbons (Fsp3) is 0.941. The maximum absolute atomic E-state index is 12.0. The van der Waals surface area contributed by atoms with Crippen molar-refractivity contribution in [1.29, 1.82) is 0 Å². The van der Waals surface area contributed by atoms with Crippen LogP contribution in [0.5, 0.6) is 0 Å². The minimum Gasteiger partial charge on any atom is -0.393 e. The van der Waals surface area contributed by atoms with Gasteiger partial charge in [-0.05, 0) is 32.1 Å². The first kappa shape index (κ1) is 16.8. The van der Waals surface area contributed by atoms with E-state index in [1.54, 1.807) is 0 Å². The molecule has 0 bridgehead atoms. The van der Waals surface area contributed by atoms with E-state index in [-0.39, 0.29) is 29.9 Å². The van der Waals surface area contributed by atoms with Crippen molar-refractivity contribution in [2.45, 2.75) is 77.5 Å². The number of nitrogens with one attached hydrogen (secondary N) is 1. The summed E-state index contributed by atoms with van der Waals surface area (Å²) < 4.78 is 0. The predicted octanol–water partition coefficient (Wildman–Crippen LogP) is 2.16. The lowest BCUT2D eigenvalue weighted by Crippen LogP contribution is -2.56. The Morgan fingerprint density at radius 2 is 1.81 bits per heavy atom. The summed E-state index contributed by atoms with van der Waals surface area (Å²) in [6.45, 7) is 7.69. The largest absolute Gasteiger partial charge is 0.393 e. The summed E-state index contributed by atoms with van der Waals surface area (Å²) in [4.78, 5) is 14.5. The van der Waals surface area contributed by atoms with Gasteiger partial charge in [-0.25, -0.2) is 0 Å². The van der Waals surface area contributed by atoms with E-state index < -0.39 is 0 Å². The zero-order valence-electron chi connectivity index (χ0n) is 13.8. The fourth-order valence-electron chi connectivity index (χ4n) is 3.74. The number of aliphatic hydroxyl groups excluding tert-OH is 1. The second kappa shape index (κ2) is 7.59. The molecule has 0 aromatic carbocycles. The molecule has 3 unspecified atom stereocenters. The van der Waals surface area contributed by atoms with Crippen LogP contribution < -0.4 is 5.32 Å². The van der Waals surface area contributed by atoms with Gasteiger partial charge in [0.2, 0.25) is 5.91 Å². The van der Waals surface area contributed by atoms with Crippen molar-refractivity contribution in [3.05, 3.63) is 0 Å². The third-order valence-corrected chi connectivity index (χ3v) is 5.16. The minimum atomic E-state index is -0.296. The summed E-state index contributed by atoms with van der Waals surface area (Å²) in [6.07, 6.45) is 7.16. The Bertz CT molecular complexity index is 338. The van der Waals surface area contributed by atoms with Gasteiger partial charge < -0.3 is 10.4 Å². The Hall–Kier alpha value is -0.610. The average Bonchev–Trinajstić information content (AvgIpc) is 2.47. The van der Waals surface area contributed by atoms with Crippen LogP contribution in [-0.4, -0.2) is 47.2 Å². The Morgan fingerprint density at radius 1 is 1.14 bits per heavy atom. The van der Waals surface area contributed by atoms with E-state index in [4.69, 9.17) is 0 Å². The summed E-state index contributed by atoms with van der Waals surface area (Å²) in [5, 5.41) is 13.2. The number of hydrogen-bond acceptors (Lipinski definition) is 3. The second-order valence-corrected chi connectivity index (χ2v) is 7.34. The van der Waals surface area contributed by atoms with Crippen molar-refractivity contribution in [3.63, 3.8) is 0 Å². The Balaban J connectivity index is 1.98. The number of piperidine rings is 1. The van der Waals surface area contributed by atoms with Crippen molar-refractivity contribution >= 4 is 5.91 Å². The number of carbonyl (C=O) groups is 1. The van der Waals surface area contributed by atoms with Crippen molar-refractivity contribution in [2.24, 2.45) is 11.8 Å². The first-order valence-electron chi connectivity index (χ1n) is 8.70. The van der Waals surface area contributed by atoms with Gasteiger partial charge >= 0.3 is 0 Å². The molecule has 1 aliphatic heterocycles. The molecule has 3 atom stereocenters. The Morgan fingerprint density at radius 3 is 2.38 bits per heavy atom. The van der Waals surface area contributed by atoms with Crippen LogP contribution >= 0.6 is 0 Å². The molecule has 1 saturated carbocycles. The molecule has 2 fully saturated rings. The molecule has 2 N–H and O–H groups in total. The zero-order valence-corrected chi connectivity index (χ0v) is 13.8. The van der Waals surface area contributed by atoms with Crippen LogP contribution in [0.2, 0.25) is 0 Å². The van der Waals surface area contributed by atoms with Crippen molar-refractivity contribution in [1.82, 2.24) is 10.2 Å². The summed E-state index contributed by atoms with van der Waals surface area (Å²) in [5.74, 6) is 0.438. The average molecular weight is 296 g/mol. The van der Waals surface area contributed by atoms with Crippen LogP contribution in [0.4, 0.5) is 0 Å². The van der Waals surface area contributed by atoms with Crippen LogP contribution in [0.25, 0.3) is 0 Å². The van der Waals surface area contributed by atoms with Crippen LogP contribution in [0.1, 0.15) is 59.3 Å². The molecule has 4 heteroatoms. The lowest BCUT2D eigenvalue weighted by molar-refractivity contribution is -0.125. The van der Waals surface area contributed by atoms with Crippen LogP contribution in [0.15, 0.2) is 0 Å². The number of carbonyl (C=O) groups excluding carboxylic acids is 1. The number of amides is 1. The van der Waals surface area contributed by atoms with Gasteiger partial charge in [-0.1, -0.05) is 33.1 Å². The molecule has 1 heterocycles. The summed E-state index contributed by atoms with van der Waals surface area (Å²) >= 11 is 0. The highest BCUT2D eigenvalue weighted by Gasteiger charge is 2.34. The molecule has 122 valence electrons. The lowest BCUT2D eigenvalue weighted by atomic mass is 9.86. The zero-order chi connectivity index (χ0) is 15.4. The second-order valence-electron chi connectivity index (χ2n) is 7.34.